The lowest BCUT2D eigenvalue weighted by Gasteiger charge is -2.11. The van der Waals surface area contributed by atoms with Crippen LogP contribution in [0.3, 0.4) is 0 Å². The van der Waals surface area contributed by atoms with E-state index in [1.807, 2.05) is 13.0 Å². The fourth-order valence-electron chi connectivity index (χ4n) is 1.32. The average molecular weight is 228 g/mol. The van der Waals surface area contributed by atoms with E-state index in [0.29, 0.717) is 17.1 Å². The maximum Gasteiger partial charge on any atom is 0.306 e. The molecule has 0 heterocycles. The molecule has 0 saturated heterocycles. The molecule has 1 atom stereocenters. The molecule has 15 heavy (non-hydrogen) atoms. The minimum absolute atomic E-state index is 0.0806. The Morgan fingerprint density at radius 2 is 2.27 bits per heavy atom. The van der Waals surface area contributed by atoms with Crippen LogP contribution in [0.4, 0.5) is 5.69 Å². The van der Waals surface area contributed by atoms with Gasteiger partial charge in [-0.1, -0.05) is 24.6 Å². The molecular formula is C11H14ClNO2. The van der Waals surface area contributed by atoms with Gasteiger partial charge in [0.05, 0.1) is 24.2 Å². The first-order valence-electron chi connectivity index (χ1n) is 4.66. The largest absolute Gasteiger partial charge is 0.469 e. The van der Waals surface area contributed by atoms with Gasteiger partial charge in [-0.3, -0.25) is 4.79 Å². The molecule has 0 fully saturated rings. The lowest BCUT2D eigenvalue weighted by atomic mass is 9.97. The van der Waals surface area contributed by atoms with E-state index in [4.69, 9.17) is 17.3 Å². The minimum atomic E-state index is -0.226. The van der Waals surface area contributed by atoms with Crippen LogP contribution < -0.4 is 5.73 Å². The zero-order valence-electron chi connectivity index (χ0n) is 8.79. The molecule has 82 valence electrons. The molecule has 1 rings (SSSR count). The molecule has 0 aliphatic heterocycles. The van der Waals surface area contributed by atoms with Gasteiger partial charge in [-0.25, -0.2) is 0 Å². The van der Waals surface area contributed by atoms with E-state index >= 15 is 0 Å². The fourth-order valence-corrected chi connectivity index (χ4v) is 1.44. The number of halogens is 1. The number of rotatable bonds is 3. The molecule has 0 amide bonds. The fraction of sp³-hybridized carbons (Fsp3) is 0.364. The van der Waals surface area contributed by atoms with Gasteiger partial charge in [-0.15, -0.1) is 0 Å². The van der Waals surface area contributed by atoms with Gasteiger partial charge in [0.1, 0.15) is 0 Å². The topological polar surface area (TPSA) is 52.3 Å². The highest BCUT2D eigenvalue weighted by Gasteiger charge is 2.12. The molecular weight excluding hydrogens is 214 g/mol. The molecule has 0 aliphatic rings. The van der Waals surface area contributed by atoms with Gasteiger partial charge in [-0.2, -0.15) is 0 Å². The maximum atomic E-state index is 11.1. The molecule has 3 nitrogen and oxygen atoms in total. The lowest BCUT2D eigenvalue weighted by molar-refractivity contribution is -0.140. The third kappa shape index (κ3) is 3.13. The van der Waals surface area contributed by atoms with Crippen molar-refractivity contribution >= 4 is 23.3 Å². The first-order valence-corrected chi connectivity index (χ1v) is 5.04. The molecule has 0 aromatic heterocycles. The lowest BCUT2D eigenvalue weighted by Crippen LogP contribution is -2.06. The summed E-state index contributed by atoms with van der Waals surface area (Å²) in [5, 5.41) is 0.531. The number of hydrogen-bond donors (Lipinski definition) is 1. The summed E-state index contributed by atoms with van der Waals surface area (Å²) in [4.78, 5) is 11.1. The monoisotopic (exact) mass is 227 g/mol. The third-order valence-corrected chi connectivity index (χ3v) is 2.63. The van der Waals surface area contributed by atoms with Gasteiger partial charge in [0.25, 0.3) is 0 Å². The Hall–Kier alpha value is -1.22. The number of ether oxygens (including phenoxy) is 1. The second kappa shape index (κ2) is 5.03. The summed E-state index contributed by atoms with van der Waals surface area (Å²) in [5.74, 6) is -0.145. The molecule has 0 radical (unpaired) electrons. The van der Waals surface area contributed by atoms with Crippen LogP contribution in [0.25, 0.3) is 0 Å². The van der Waals surface area contributed by atoms with Crippen LogP contribution in [0, 0.1) is 0 Å². The highest BCUT2D eigenvalue weighted by atomic mass is 35.5. The van der Waals surface area contributed by atoms with E-state index in [9.17, 15) is 4.79 Å². The molecule has 0 saturated carbocycles. The van der Waals surface area contributed by atoms with E-state index in [2.05, 4.69) is 4.74 Å². The van der Waals surface area contributed by atoms with Crippen LogP contribution in [0.15, 0.2) is 18.2 Å². The number of hydrogen-bond acceptors (Lipinski definition) is 3. The molecule has 1 aromatic rings. The number of nitrogen functional groups attached to an aromatic ring is 1. The van der Waals surface area contributed by atoms with Crippen LogP contribution in [-0.2, 0) is 9.53 Å². The maximum absolute atomic E-state index is 11.1. The van der Waals surface area contributed by atoms with E-state index in [0.717, 1.165) is 5.56 Å². The van der Waals surface area contributed by atoms with Crippen LogP contribution in [-0.4, -0.2) is 13.1 Å². The quantitative estimate of drug-likeness (QED) is 0.638. The predicted octanol–water partition coefficient (Wildman–Crippen LogP) is 2.59. The van der Waals surface area contributed by atoms with Crippen molar-refractivity contribution in [3.63, 3.8) is 0 Å². The van der Waals surface area contributed by atoms with Gasteiger partial charge in [0.2, 0.25) is 0 Å². The molecule has 0 spiro atoms. The second-order valence-electron chi connectivity index (χ2n) is 3.46. The van der Waals surface area contributed by atoms with Gasteiger partial charge in [0.15, 0.2) is 0 Å². The number of benzene rings is 1. The number of anilines is 1. The van der Waals surface area contributed by atoms with Crippen molar-refractivity contribution < 1.29 is 9.53 Å². The standard InChI is InChI=1S/C11H14ClNO2/c1-7(5-11(14)15-2)8-3-4-9(12)10(13)6-8/h3-4,6-7H,5,13H2,1-2H3. The van der Waals surface area contributed by atoms with E-state index < -0.39 is 0 Å². The number of esters is 1. The van der Waals surface area contributed by atoms with Crippen LogP contribution in [0.2, 0.25) is 5.02 Å². The molecule has 0 bridgehead atoms. The zero-order valence-corrected chi connectivity index (χ0v) is 9.54. The summed E-state index contributed by atoms with van der Waals surface area (Å²) < 4.78 is 4.60. The SMILES string of the molecule is COC(=O)CC(C)c1ccc(Cl)c(N)c1. The van der Waals surface area contributed by atoms with E-state index in [1.165, 1.54) is 7.11 Å². The zero-order chi connectivity index (χ0) is 11.4. The Labute approximate surface area is 94.2 Å². The average Bonchev–Trinajstić information content (AvgIpc) is 2.21. The molecule has 0 aliphatic carbocycles. The van der Waals surface area contributed by atoms with Gasteiger partial charge < -0.3 is 10.5 Å². The number of methoxy groups -OCH3 is 1. The first-order chi connectivity index (χ1) is 7.04. The first kappa shape index (κ1) is 11.9. The van der Waals surface area contributed by atoms with Crippen LogP contribution >= 0.6 is 11.6 Å². The van der Waals surface area contributed by atoms with Crippen molar-refractivity contribution in [2.45, 2.75) is 19.3 Å². The van der Waals surface area contributed by atoms with Gasteiger partial charge >= 0.3 is 5.97 Å². The van der Waals surface area contributed by atoms with Gasteiger partial charge in [0, 0.05) is 0 Å². The summed E-state index contributed by atoms with van der Waals surface area (Å²) >= 11 is 5.80. The summed E-state index contributed by atoms with van der Waals surface area (Å²) in [6, 6.07) is 5.39. The van der Waals surface area contributed by atoms with E-state index in [-0.39, 0.29) is 11.9 Å². The van der Waals surface area contributed by atoms with Crippen molar-refractivity contribution in [1.82, 2.24) is 0 Å². The molecule has 1 unspecified atom stereocenters. The summed E-state index contributed by atoms with van der Waals surface area (Å²) in [5.41, 5.74) is 7.20. The summed E-state index contributed by atoms with van der Waals surface area (Å²) in [6.45, 7) is 1.94. The molecule has 4 heteroatoms. The van der Waals surface area contributed by atoms with Crippen molar-refractivity contribution in [2.75, 3.05) is 12.8 Å². The molecule has 1 aromatic carbocycles. The van der Waals surface area contributed by atoms with Crippen LogP contribution in [0.5, 0.6) is 0 Å². The Kier molecular flexibility index (Phi) is 3.97. The normalized spacial score (nSPS) is 12.2. The minimum Gasteiger partial charge on any atom is -0.469 e. The Morgan fingerprint density at radius 3 is 2.80 bits per heavy atom. The van der Waals surface area contributed by atoms with E-state index in [1.54, 1.807) is 12.1 Å². The molecule has 2 N–H and O–H groups in total. The highest BCUT2D eigenvalue weighted by molar-refractivity contribution is 6.33. The summed E-state index contributed by atoms with van der Waals surface area (Å²) in [7, 11) is 1.38. The smallest absolute Gasteiger partial charge is 0.306 e. The number of carbonyl (C=O) groups is 1. The van der Waals surface area contributed by atoms with Crippen LogP contribution in [0.1, 0.15) is 24.8 Å². The van der Waals surface area contributed by atoms with Crippen molar-refractivity contribution in [2.24, 2.45) is 0 Å². The van der Waals surface area contributed by atoms with Crippen molar-refractivity contribution in [3.05, 3.63) is 28.8 Å². The Morgan fingerprint density at radius 1 is 1.60 bits per heavy atom. The Bertz CT molecular complexity index is 366. The number of carbonyl (C=O) groups excluding carboxylic acids is 1. The second-order valence-corrected chi connectivity index (χ2v) is 3.87. The Balaban J connectivity index is 2.78. The summed E-state index contributed by atoms with van der Waals surface area (Å²) in [6.07, 6.45) is 0.345. The number of nitrogens with two attached hydrogens (primary N) is 1. The highest BCUT2D eigenvalue weighted by Crippen LogP contribution is 2.26. The van der Waals surface area contributed by atoms with Crippen molar-refractivity contribution in [1.29, 1.82) is 0 Å². The third-order valence-electron chi connectivity index (χ3n) is 2.29. The van der Waals surface area contributed by atoms with Gasteiger partial charge in [-0.05, 0) is 23.6 Å². The predicted molar refractivity (Wildman–Crippen MR) is 60.9 cm³/mol. The van der Waals surface area contributed by atoms with Crippen molar-refractivity contribution in [3.8, 4) is 0 Å².